The van der Waals surface area contributed by atoms with Crippen LogP contribution in [0.2, 0.25) is 0 Å². The molecule has 1 aliphatic heterocycles. The maximum absolute atomic E-state index is 12.4. The highest BCUT2D eigenvalue weighted by molar-refractivity contribution is 7.09. The van der Waals surface area contributed by atoms with Gasteiger partial charge in [0.05, 0.1) is 17.4 Å². The average Bonchev–Trinajstić information content (AvgIpc) is 3.30. The molecule has 136 valence electrons. The molecular weight excluding hydrogens is 348 g/mol. The number of fused-ring (bicyclic) bond motifs is 1. The second kappa shape index (κ2) is 7.13. The molecule has 1 amide bonds. The van der Waals surface area contributed by atoms with Gasteiger partial charge in [0.2, 0.25) is 0 Å². The fraction of sp³-hybridized carbons (Fsp3) is 0.444. The zero-order valence-electron chi connectivity index (χ0n) is 15.0. The number of thiazole rings is 1. The van der Waals surface area contributed by atoms with Crippen LogP contribution in [0, 0.1) is 0 Å². The zero-order valence-corrected chi connectivity index (χ0v) is 15.8. The molecule has 4 heterocycles. The minimum Gasteiger partial charge on any atom is -0.345 e. The molecule has 1 aliphatic rings. The highest BCUT2D eigenvalue weighted by Crippen LogP contribution is 2.28. The first-order valence-electron chi connectivity index (χ1n) is 8.77. The zero-order chi connectivity index (χ0) is 18.1. The molecule has 0 N–H and O–H groups in total. The summed E-state index contributed by atoms with van der Waals surface area (Å²) in [6.07, 6.45) is 7.64. The van der Waals surface area contributed by atoms with Gasteiger partial charge in [-0.15, -0.1) is 11.3 Å². The summed E-state index contributed by atoms with van der Waals surface area (Å²) in [5.41, 5.74) is 4.20. The van der Waals surface area contributed by atoms with Gasteiger partial charge in [-0.05, 0) is 25.5 Å². The highest BCUT2D eigenvalue weighted by atomic mass is 32.1. The van der Waals surface area contributed by atoms with Crippen molar-refractivity contribution >= 4 is 22.9 Å². The molecular formula is C18H22N6OS. The molecule has 3 aromatic heterocycles. The summed E-state index contributed by atoms with van der Waals surface area (Å²) >= 11 is 1.70. The largest absolute Gasteiger partial charge is 0.345 e. The Bertz CT molecular complexity index is 904. The van der Waals surface area contributed by atoms with E-state index in [4.69, 9.17) is 0 Å². The van der Waals surface area contributed by atoms with Gasteiger partial charge >= 0.3 is 0 Å². The van der Waals surface area contributed by atoms with Crippen LogP contribution in [0.3, 0.4) is 0 Å². The van der Waals surface area contributed by atoms with E-state index in [0.717, 1.165) is 38.2 Å². The maximum atomic E-state index is 12.4. The number of hydrogen-bond donors (Lipinski definition) is 0. The number of piperidine rings is 1. The van der Waals surface area contributed by atoms with E-state index in [9.17, 15) is 4.79 Å². The Morgan fingerprint density at radius 1 is 1.38 bits per heavy atom. The molecule has 8 heteroatoms. The summed E-state index contributed by atoms with van der Waals surface area (Å²) in [6, 6.07) is 2.03. The first-order valence-corrected chi connectivity index (χ1v) is 9.65. The molecule has 0 aromatic carbocycles. The van der Waals surface area contributed by atoms with E-state index in [2.05, 4.69) is 20.0 Å². The van der Waals surface area contributed by atoms with Crippen LogP contribution in [0.1, 0.15) is 39.7 Å². The van der Waals surface area contributed by atoms with Crippen LogP contribution in [0.15, 0.2) is 30.2 Å². The van der Waals surface area contributed by atoms with E-state index < -0.39 is 0 Å². The monoisotopic (exact) mass is 370 g/mol. The number of carbonyl (C=O) groups excluding carboxylic acids is 1. The van der Waals surface area contributed by atoms with Crippen molar-refractivity contribution in [2.24, 2.45) is 0 Å². The number of nitrogens with zero attached hydrogens (tertiary/aromatic N) is 6. The third kappa shape index (κ3) is 3.22. The summed E-state index contributed by atoms with van der Waals surface area (Å²) in [6.45, 7) is 3.03. The van der Waals surface area contributed by atoms with Gasteiger partial charge in [0.25, 0.3) is 5.91 Å². The predicted octanol–water partition coefficient (Wildman–Crippen LogP) is 2.27. The molecule has 0 spiro atoms. The topological polar surface area (TPSA) is 66.6 Å². The van der Waals surface area contributed by atoms with E-state index in [1.165, 1.54) is 4.88 Å². The number of hydrogen-bond acceptors (Lipinski definition) is 6. The SMILES string of the molecule is CN(C)C(=O)c1cnn2c(C3CCCN(Cc4cncs4)C3)ccnc12. The Labute approximate surface area is 156 Å². The lowest BCUT2D eigenvalue weighted by Crippen LogP contribution is -2.34. The van der Waals surface area contributed by atoms with Crippen molar-refractivity contribution in [3.05, 3.63) is 46.3 Å². The molecule has 1 unspecified atom stereocenters. The van der Waals surface area contributed by atoms with Gasteiger partial charge in [0, 0.05) is 50.4 Å². The standard InChI is InChI=1S/C18H22N6OS/c1-22(2)18(25)15-9-21-24-16(5-6-20-17(15)24)13-4-3-7-23(10-13)11-14-8-19-12-26-14/h5-6,8-9,12-13H,3-4,7,10-11H2,1-2H3. The fourth-order valence-electron chi connectivity index (χ4n) is 3.59. The van der Waals surface area contributed by atoms with Crippen LogP contribution < -0.4 is 0 Å². The molecule has 1 saturated heterocycles. The number of rotatable bonds is 4. The third-order valence-corrected chi connectivity index (χ3v) is 5.62. The summed E-state index contributed by atoms with van der Waals surface area (Å²) in [7, 11) is 3.49. The molecule has 1 atom stereocenters. The summed E-state index contributed by atoms with van der Waals surface area (Å²) in [4.78, 5) is 26.3. The molecule has 0 aliphatic carbocycles. The predicted molar refractivity (Wildman–Crippen MR) is 100 cm³/mol. The van der Waals surface area contributed by atoms with E-state index in [1.807, 2.05) is 22.3 Å². The highest BCUT2D eigenvalue weighted by Gasteiger charge is 2.25. The molecule has 1 fully saturated rings. The van der Waals surface area contributed by atoms with Gasteiger partial charge in [0.1, 0.15) is 5.56 Å². The van der Waals surface area contributed by atoms with Gasteiger partial charge < -0.3 is 4.90 Å². The van der Waals surface area contributed by atoms with Crippen molar-refractivity contribution in [1.29, 1.82) is 0 Å². The van der Waals surface area contributed by atoms with Crippen molar-refractivity contribution in [3.8, 4) is 0 Å². The van der Waals surface area contributed by atoms with Gasteiger partial charge in [-0.2, -0.15) is 5.10 Å². The number of aromatic nitrogens is 4. The lowest BCUT2D eigenvalue weighted by Gasteiger charge is -2.32. The smallest absolute Gasteiger partial charge is 0.258 e. The van der Waals surface area contributed by atoms with Crippen molar-refractivity contribution in [3.63, 3.8) is 0 Å². The minimum absolute atomic E-state index is 0.0693. The van der Waals surface area contributed by atoms with Gasteiger partial charge in [-0.3, -0.25) is 14.7 Å². The number of carbonyl (C=O) groups is 1. The second-order valence-electron chi connectivity index (χ2n) is 6.90. The Kier molecular flexibility index (Phi) is 4.69. The summed E-state index contributed by atoms with van der Waals surface area (Å²) in [5, 5.41) is 4.48. The van der Waals surface area contributed by atoms with Crippen molar-refractivity contribution in [1.82, 2.24) is 29.4 Å². The summed E-state index contributed by atoms with van der Waals surface area (Å²) in [5.74, 6) is 0.310. The Hall–Kier alpha value is -2.32. The quantitative estimate of drug-likeness (QED) is 0.705. The van der Waals surface area contributed by atoms with Crippen molar-refractivity contribution in [2.45, 2.75) is 25.3 Å². The molecule has 4 rings (SSSR count). The number of amides is 1. The van der Waals surface area contributed by atoms with E-state index in [0.29, 0.717) is 17.1 Å². The average molecular weight is 370 g/mol. The molecule has 3 aromatic rings. The van der Waals surface area contributed by atoms with Crippen molar-refractivity contribution in [2.75, 3.05) is 27.2 Å². The normalized spacial score (nSPS) is 18.3. The van der Waals surface area contributed by atoms with E-state index in [-0.39, 0.29) is 5.91 Å². The molecule has 7 nitrogen and oxygen atoms in total. The Morgan fingerprint density at radius 2 is 2.27 bits per heavy atom. The summed E-state index contributed by atoms with van der Waals surface area (Å²) < 4.78 is 1.84. The Morgan fingerprint density at radius 3 is 3.04 bits per heavy atom. The van der Waals surface area contributed by atoms with Crippen LogP contribution in [-0.2, 0) is 6.54 Å². The molecule has 26 heavy (non-hydrogen) atoms. The third-order valence-electron chi connectivity index (χ3n) is 4.85. The van der Waals surface area contributed by atoms with Gasteiger partial charge in [-0.1, -0.05) is 0 Å². The molecule has 0 radical (unpaired) electrons. The van der Waals surface area contributed by atoms with Crippen LogP contribution in [0.25, 0.3) is 5.65 Å². The number of likely N-dealkylation sites (tertiary alicyclic amines) is 1. The van der Waals surface area contributed by atoms with Crippen LogP contribution in [0.5, 0.6) is 0 Å². The second-order valence-corrected chi connectivity index (χ2v) is 7.88. The first kappa shape index (κ1) is 17.1. The van der Waals surface area contributed by atoms with Crippen LogP contribution in [0.4, 0.5) is 0 Å². The van der Waals surface area contributed by atoms with Gasteiger partial charge in [-0.25, -0.2) is 9.50 Å². The van der Waals surface area contributed by atoms with Crippen LogP contribution in [-0.4, -0.2) is 62.5 Å². The van der Waals surface area contributed by atoms with Crippen LogP contribution >= 0.6 is 11.3 Å². The lowest BCUT2D eigenvalue weighted by atomic mass is 9.94. The van der Waals surface area contributed by atoms with E-state index >= 15 is 0 Å². The fourth-order valence-corrected chi connectivity index (χ4v) is 4.23. The van der Waals surface area contributed by atoms with Crippen molar-refractivity contribution < 1.29 is 4.79 Å². The van der Waals surface area contributed by atoms with E-state index in [1.54, 1.807) is 42.7 Å². The first-order chi connectivity index (χ1) is 12.6. The molecule has 0 bridgehead atoms. The minimum atomic E-state index is -0.0693. The lowest BCUT2D eigenvalue weighted by molar-refractivity contribution is 0.0829. The van der Waals surface area contributed by atoms with Gasteiger partial charge in [0.15, 0.2) is 5.65 Å². The Balaban J connectivity index is 1.61. The maximum Gasteiger partial charge on any atom is 0.258 e. The molecule has 0 saturated carbocycles.